The van der Waals surface area contributed by atoms with Gasteiger partial charge < -0.3 is 15.4 Å². The van der Waals surface area contributed by atoms with Crippen LogP contribution in [0.3, 0.4) is 0 Å². The number of rotatable bonds is 5. The highest BCUT2D eigenvalue weighted by Crippen LogP contribution is 2.25. The van der Waals surface area contributed by atoms with Gasteiger partial charge in [-0.15, -0.1) is 0 Å². The van der Waals surface area contributed by atoms with Crippen molar-refractivity contribution in [2.75, 3.05) is 13.1 Å². The molecule has 1 aliphatic heterocycles. The summed E-state index contributed by atoms with van der Waals surface area (Å²) in [6, 6.07) is 7.26. The van der Waals surface area contributed by atoms with E-state index in [0.717, 1.165) is 31.6 Å². The molecule has 20 heavy (non-hydrogen) atoms. The van der Waals surface area contributed by atoms with E-state index in [1.165, 1.54) is 0 Å². The minimum Gasteiger partial charge on any atom is -0.435 e. The number of hydrogen-bond acceptors (Lipinski definition) is 3. The summed E-state index contributed by atoms with van der Waals surface area (Å²) in [5.74, 6) is 0.200. The second-order valence-electron chi connectivity index (χ2n) is 5.91. The van der Waals surface area contributed by atoms with Crippen LogP contribution < -0.4 is 15.4 Å². The molecule has 2 rings (SSSR count). The fourth-order valence-corrected chi connectivity index (χ4v) is 2.58. The summed E-state index contributed by atoms with van der Waals surface area (Å²) in [6.07, 6.45) is 1.10. The molecule has 0 aliphatic carbocycles. The molecule has 0 spiro atoms. The van der Waals surface area contributed by atoms with Crippen molar-refractivity contribution in [2.45, 2.75) is 39.5 Å². The molecular formula is C15H22F2N2O. The van der Waals surface area contributed by atoms with Gasteiger partial charge in [0.1, 0.15) is 5.75 Å². The molecule has 1 aromatic carbocycles. The molecule has 0 bridgehead atoms. The van der Waals surface area contributed by atoms with Crippen LogP contribution in [0.25, 0.3) is 0 Å². The lowest BCUT2D eigenvalue weighted by molar-refractivity contribution is -0.0498. The van der Waals surface area contributed by atoms with Crippen LogP contribution in [0, 0.1) is 5.41 Å². The smallest absolute Gasteiger partial charge is 0.387 e. The molecule has 0 radical (unpaired) electrons. The largest absolute Gasteiger partial charge is 0.435 e. The van der Waals surface area contributed by atoms with Gasteiger partial charge in [-0.1, -0.05) is 26.0 Å². The molecule has 1 heterocycles. The average Bonchev–Trinajstić information content (AvgIpc) is 2.38. The highest BCUT2D eigenvalue weighted by molar-refractivity contribution is 5.27. The maximum absolute atomic E-state index is 12.1. The Morgan fingerprint density at radius 2 is 2.05 bits per heavy atom. The van der Waals surface area contributed by atoms with E-state index in [1.807, 2.05) is 12.1 Å². The van der Waals surface area contributed by atoms with Gasteiger partial charge >= 0.3 is 6.61 Å². The molecule has 5 heteroatoms. The number of ether oxygens (including phenoxy) is 1. The van der Waals surface area contributed by atoms with Crippen molar-refractivity contribution in [3.63, 3.8) is 0 Å². The van der Waals surface area contributed by atoms with Crippen LogP contribution in [0.5, 0.6) is 5.75 Å². The van der Waals surface area contributed by atoms with Crippen LogP contribution in [-0.2, 0) is 6.54 Å². The third-order valence-electron chi connectivity index (χ3n) is 3.83. The van der Waals surface area contributed by atoms with E-state index in [2.05, 4.69) is 29.2 Å². The van der Waals surface area contributed by atoms with Crippen molar-refractivity contribution in [2.24, 2.45) is 5.41 Å². The Morgan fingerprint density at radius 3 is 2.65 bits per heavy atom. The molecular weight excluding hydrogens is 262 g/mol. The molecule has 0 amide bonds. The van der Waals surface area contributed by atoms with Gasteiger partial charge in [-0.3, -0.25) is 0 Å². The first-order valence-electron chi connectivity index (χ1n) is 6.95. The quantitative estimate of drug-likeness (QED) is 0.872. The summed E-state index contributed by atoms with van der Waals surface area (Å²) in [4.78, 5) is 0. The zero-order valence-electron chi connectivity index (χ0n) is 12.0. The van der Waals surface area contributed by atoms with E-state index >= 15 is 0 Å². The first-order valence-corrected chi connectivity index (χ1v) is 6.95. The summed E-state index contributed by atoms with van der Waals surface area (Å²) < 4.78 is 28.4. The Hall–Kier alpha value is -1.20. The summed E-state index contributed by atoms with van der Waals surface area (Å²) in [5, 5.41) is 6.96. The van der Waals surface area contributed by atoms with Crippen LogP contribution in [-0.4, -0.2) is 25.7 Å². The Bertz CT molecular complexity index is 420. The third kappa shape index (κ3) is 4.15. The van der Waals surface area contributed by atoms with Gasteiger partial charge in [0.05, 0.1) is 0 Å². The fourth-order valence-electron chi connectivity index (χ4n) is 2.58. The van der Waals surface area contributed by atoms with Crippen LogP contribution >= 0.6 is 0 Å². The second kappa shape index (κ2) is 6.50. The monoisotopic (exact) mass is 284 g/mol. The predicted octanol–water partition coefficient (Wildman–Crippen LogP) is 2.77. The van der Waals surface area contributed by atoms with Crippen molar-refractivity contribution in [1.29, 1.82) is 0 Å². The normalized spacial score (nSPS) is 21.9. The molecule has 1 unspecified atom stereocenters. The number of piperidine rings is 1. The van der Waals surface area contributed by atoms with Crippen LogP contribution in [0.2, 0.25) is 0 Å². The van der Waals surface area contributed by atoms with Crippen molar-refractivity contribution in [3.8, 4) is 5.75 Å². The van der Waals surface area contributed by atoms with E-state index in [1.54, 1.807) is 12.1 Å². The topological polar surface area (TPSA) is 33.3 Å². The summed E-state index contributed by atoms with van der Waals surface area (Å²) >= 11 is 0. The predicted molar refractivity (Wildman–Crippen MR) is 75.0 cm³/mol. The molecule has 1 saturated heterocycles. The van der Waals surface area contributed by atoms with Gasteiger partial charge in [0.25, 0.3) is 0 Å². The van der Waals surface area contributed by atoms with Crippen LogP contribution in [0.4, 0.5) is 8.78 Å². The van der Waals surface area contributed by atoms with E-state index in [-0.39, 0.29) is 11.2 Å². The van der Waals surface area contributed by atoms with Gasteiger partial charge in [-0.2, -0.15) is 8.78 Å². The molecule has 0 aromatic heterocycles. The third-order valence-corrected chi connectivity index (χ3v) is 3.83. The van der Waals surface area contributed by atoms with Crippen molar-refractivity contribution in [1.82, 2.24) is 10.6 Å². The fraction of sp³-hybridized carbons (Fsp3) is 0.600. The van der Waals surface area contributed by atoms with Crippen molar-refractivity contribution in [3.05, 3.63) is 29.8 Å². The maximum Gasteiger partial charge on any atom is 0.387 e. The number of hydrogen-bond donors (Lipinski definition) is 2. The van der Waals surface area contributed by atoms with Gasteiger partial charge in [0.15, 0.2) is 0 Å². The zero-order chi connectivity index (χ0) is 14.6. The minimum absolute atomic E-state index is 0.200. The van der Waals surface area contributed by atoms with Crippen LogP contribution in [0.15, 0.2) is 24.3 Å². The first-order chi connectivity index (χ1) is 9.47. The molecule has 1 aliphatic rings. The lowest BCUT2D eigenvalue weighted by atomic mass is 9.80. The Kier molecular flexibility index (Phi) is 4.94. The van der Waals surface area contributed by atoms with Crippen molar-refractivity contribution >= 4 is 0 Å². The van der Waals surface area contributed by atoms with Gasteiger partial charge in [0, 0.05) is 19.1 Å². The van der Waals surface area contributed by atoms with E-state index in [9.17, 15) is 8.78 Å². The molecule has 1 aromatic rings. The number of alkyl halides is 2. The summed E-state index contributed by atoms with van der Waals surface area (Å²) in [5.41, 5.74) is 1.29. The Morgan fingerprint density at radius 1 is 1.35 bits per heavy atom. The molecule has 2 N–H and O–H groups in total. The lowest BCUT2D eigenvalue weighted by Crippen LogP contribution is -2.52. The van der Waals surface area contributed by atoms with Crippen LogP contribution in [0.1, 0.15) is 25.8 Å². The molecule has 1 atom stereocenters. The van der Waals surface area contributed by atoms with E-state index in [0.29, 0.717) is 6.04 Å². The van der Waals surface area contributed by atoms with E-state index in [4.69, 9.17) is 0 Å². The second-order valence-corrected chi connectivity index (χ2v) is 5.91. The number of halogens is 2. The molecule has 1 fully saturated rings. The van der Waals surface area contributed by atoms with Gasteiger partial charge in [-0.05, 0) is 36.1 Å². The van der Waals surface area contributed by atoms with E-state index < -0.39 is 6.61 Å². The minimum atomic E-state index is -2.77. The average molecular weight is 284 g/mol. The first kappa shape index (κ1) is 15.2. The van der Waals surface area contributed by atoms with Crippen molar-refractivity contribution < 1.29 is 13.5 Å². The lowest BCUT2D eigenvalue weighted by Gasteiger charge is -2.39. The molecule has 0 saturated carbocycles. The highest BCUT2D eigenvalue weighted by atomic mass is 19.3. The summed E-state index contributed by atoms with van der Waals surface area (Å²) in [6.45, 7) is 4.50. The maximum atomic E-state index is 12.1. The SMILES string of the molecule is CC1(C)CNCCC1NCc1ccc(OC(F)F)cc1. The highest BCUT2D eigenvalue weighted by Gasteiger charge is 2.31. The number of benzene rings is 1. The Balaban J connectivity index is 1.87. The molecule has 3 nitrogen and oxygen atoms in total. The van der Waals surface area contributed by atoms with Gasteiger partial charge in [0.2, 0.25) is 0 Å². The van der Waals surface area contributed by atoms with Gasteiger partial charge in [-0.25, -0.2) is 0 Å². The Labute approximate surface area is 118 Å². The number of nitrogens with one attached hydrogen (secondary N) is 2. The molecule has 112 valence electrons. The zero-order valence-corrected chi connectivity index (χ0v) is 12.0. The standard InChI is InChI=1S/C15H22F2N2O/c1-15(2)10-18-8-7-13(15)19-9-11-3-5-12(6-4-11)20-14(16)17/h3-6,13-14,18-19H,7-10H2,1-2H3. The summed E-state index contributed by atoms with van der Waals surface area (Å²) in [7, 11) is 0.